The number of benzene rings is 1. The molecule has 0 aliphatic carbocycles. The van der Waals surface area contributed by atoms with Crippen LogP contribution in [0.25, 0.3) is 0 Å². The van der Waals surface area contributed by atoms with Crippen LogP contribution in [-0.2, 0) is 0 Å². The summed E-state index contributed by atoms with van der Waals surface area (Å²) in [6.45, 7) is 1.39. The molecule has 1 aromatic rings. The van der Waals surface area contributed by atoms with Crippen LogP contribution in [0, 0.1) is 12.7 Å². The number of nitrogens with two attached hydrogens (primary N) is 1. The summed E-state index contributed by atoms with van der Waals surface area (Å²) in [5.41, 5.74) is 4.63. The first kappa shape index (κ1) is 11.0. The topological polar surface area (TPSA) is 26.0 Å². The first-order chi connectivity index (χ1) is 6.34. The summed E-state index contributed by atoms with van der Waals surface area (Å²) in [6.07, 6.45) is -4.62. The van der Waals surface area contributed by atoms with Crippen LogP contribution in [-0.4, -0.2) is 6.18 Å². The monoisotopic (exact) mass is 207 g/mol. The average Bonchev–Trinajstić information content (AvgIpc) is 2.01. The van der Waals surface area contributed by atoms with Crippen LogP contribution < -0.4 is 5.73 Å². The van der Waals surface area contributed by atoms with Gasteiger partial charge in [-0.25, -0.2) is 4.39 Å². The molecule has 14 heavy (non-hydrogen) atoms. The lowest BCUT2D eigenvalue weighted by molar-refractivity contribution is -0.149. The Bertz CT molecular complexity index is 312. The van der Waals surface area contributed by atoms with Crippen molar-refractivity contribution >= 4 is 0 Å². The van der Waals surface area contributed by atoms with Gasteiger partial charge in [0.05, 0.1) is 0 Å². The summed E-state index contributed by atoms with van der Waals surface area (Å²) in [5.74, 6) is -0.921. The lowest BCUT2D eigenvalue weighted by atomic mass is 10.0. The fourth-order valence-corrected chi connectivity index (χ4v) is 1.20. The standard InChI is InChI=1S/C9H9F4N/c1-5-3-2-4-6(10)7(5)8(14)9(11,12)13/h2-4,8H,14H2,1H3/t8-/m0/s1. The normalized spacial score (nSPS) is 14.1. The summed E-state index contributed by atoms with van der Waals surface area (Å²) < 4.78 is 49.7. The van der Waals surface area contributed by atoms with Gasteiger partial charge < -0.3 is 5.73 Å². The van der Waals surface area contributed by atoms with Crippen LogP contribution in [0.1, 0.15) is 17.2 Å². The Hall–Kier alpha value is -1.10. The fourth-order valence-electron chi connectivity index (χ4n) is 1.20. The van der Waals surface area contributed by atoms with E-state index in [0.717, 1.165) is 6.07 Å². The predicted molar refractivity (Wildman–Crippen MR) is 44.1 cm³/mol. The van der Waals surface area contributed by atoms with Gasteiger partial charge >= 0.3 is 6.18 Å². The number of hydrogen-bond acceptors (Lipinski definition) is 1. The number of aryl methyl sites for hydroxylation is 1. The summed E-state index contributed by atoms with van der Waals surface area (Å²) in [7, 11) is 0. The zero-order valence-electron chi connectivity index (χ0n) is 7.40. The van der Waals surface area contributed by atoms with E-state index in [0.29, 0.717) is 0 Å². The maximum atomic E-state index is 13.1. The average molecular weight is 207 g/mol. The SMILES string of the molecule is Cc1cccc(F)c1[C@H](N)C(F)(F)F. The van der Waals surface area contributed by atoms with Crippen molar-refractivity contribution in [3.05, 3.63) is 35.1 Å². The summed E-state index contributed by atoms with van der Waals surface area (Å²) >= 11 is 0. The molecule has 1 atom stereocenters. The van der Waals surface area contributed by atoms with Gasteiger partial charge in [-0.1, -0.05) is 12.1 Å². The Kier molecular flexibility index (Phi) is 2.80. The van der Waals surface area contributed by atoms with Crippen molar-refractivity contribution in [2.75, 3.05) is 0 Å². The van der Waals surface area contributed by atoms with Gasteiger partial charge in [0.25, 0.3) is 0 Å². The summed E-state index contributed by atoms with van der Waals surface area (Å²) in [5, 5.41) is 0. The molecule has 0 aliphatic rings. The van der Waals surface area contributed by atoms with E-state index in [9.17, 15) is 17.6 Å². The molecule has 78 valence electrons. The molecule has 0 amide bonds. The molecule has 0 bridgehead atoms. The van der Waals surface area contributed by atoms with Crippen LogP contribution in [0.5, 0.6) is 0 Å². The van der Waals surface area contributed by atoms with Gasteiger partial charge in [0.1, 0.15) is 11.9 Å². The molecule has 0 fully saturated rings. The molecule has 0 spiro atoms. The van der Waals surface area contributed by atoms with Crippen molar-refractivity contribution in [3.63, 3.8) is 0 Å². The highest BCUT2D eigenvalue weighted by Crippen LogP contribution is 2.33. The van der Waals surface area contributed by atoms with E-state index < -0.39 is 23.6 Å². The quantitative estimate of drug-likeness (QED) is 0.704. The molecule has 1 rings (SSSR count). The highest BCUT2D eigenvalue weighted by molar-refractivity contribution is 5.31. The first-order valence-electron chi connectivity index (χ1n) is 3.91. The molecule has 0 radical (unpaired) electrons. The van der Waals surface area contributed by atoms with E-state index in [1.165, 1.54) is 19.1 Å². The number of alkyl halides is 3. The Morgan fingerprint density at radius 1 is 1.29 bits per heavy atom. The Labute approximate surface area is 78.5 Å². The third-order valence-corrected chi connectivity index (χ3v) is 1.93. The first-order valence-corrected chi connectivity index (χ1v) is 3.91. The molecule has 0 saturated carbocycles. The zero-order chi connectivity index (χ0) is 10.9. The van der Waals surface area contributed by atoms with Crippen molar-refractivity contribution in [1.29, 1.82) is 0 Å². The molecule has 5 heteroatoms. The van der Waals surface area contributed by atoms with E-state index in [1.807, 2.05) is 0 Å². The highest BCUT2D eigenvalue weighted by atomic mass is 19.4. The number of rotatable bonds is 1. The van der Waals surface area contributed by atoms with Crippen LogP contribution in [0.3, 0.4) is 0 Å². The molecule has 0 aromatic heterocycles. The summed E-state index contributed by atoms with van der Waals surface area (Å²) in [4.78, 5) is 0. The molecule has 0 heterocycles. The van der Waals surface area contributed by atoms with Gasteiger partial charge in [-0.05, 0) is 18.6 Å². The largest absolute Gasteiger partial charge is 0.407 e. The second kappa shape index (κ2) is 3.57. The van der Waals surface area contributed by atoms with Crippen molar-refractivity contribution in [3.8, 4) is 0 Å². The van der Waals surface area contributed by atoms with Gasteiger partial charge in [0.15, 0.2) is 0 Å². The van der Waals surface area contributed by atoms with Crippen molar-refractivity contribution in [2.45, 2.75) is 19.1 Å². The minimum absolute atomic E-state index is 0.204. The third-order valence-electron chi connectivity index (χ3n) is 1.93. The molecular formula is C9H9F4N. The third kappa shape index (κ3) is 2.04. The lowest BCUT2D eigenvalue weighted by Crippen LogP contribution is -2.30. The smallest absolute Gasteiger partial charge is 0.316 e. The molecular weight excluding hydrogens is 198 g/mol. The second-order valence-electron chi connectivity index (χ2n) is 2.99. The van der Waals surface area contributed by atoms with E-state index >= 15 is 0 Å². The molecule has 1 nitrogen and oxygen atoms in total. The minimum Gasteiger partial charge on any atom is -0.316 e. The van der Waals surface area contributed by atoms with Crippen LogP contribution in [0.2, 0.25) is 0 Å². The van der Waals surface area contributed by atoms with Crippen molar-refractivity contribution in [1.82, 2.24) is 0 Å². The van der Waals surface area contributed by atoms with Gasteiger partial charge in [-0.15, -0.1) is 0 Å². The van der Waals surface area contributed by atoms with Crippen LogP contribution in [0.15, 0.2) is 18.2 Å². The van der Waals surface area contributed by atoms with E-state index in [2.05, 4.69) is 0 Å². The summed E-state index contributed by atoms with van der Waals surface area (Å²) in [6, 6.07) is 1.44. The van der Waals surface area contributed by atoms with Crippen LogP contribution in [0.4, 0.5) is 17.6 Å². The van der Waals surface area contributed by atoms with Gasteiger partial charge in [0, 0.05) is 5.56 Å². The molecule has 0 aliphatic heterocycles. The van der Waals surface area contributed by atoms with Crippen molar-refractivity contribution < 1.29 is 17.6 Å². The fraction of sp³-hybridized carbons (Fsp3) is 0.333. The van der Waals surface area contributed by atoms with Crippen molar-refractivity contribution in [2.24, 2.45) is 5.73 Å². The van der Waals surface area contributed by atoms with Gasteiger partial charge in [-0.3, -0.25) is 0 Å². The molecule has 0 unspecified atom stereocenters. The lowest BCUT2D eigenvalue weighted by Gasteiger charge is -2.18. The zero-order valence-corrected chi connectivity index (χ0v) is 7.40. The van der Waals surface area contributed by atoms with E-state index in [4.69, 9.17) is 5.73 Å². The Balaban J connectivity index is 3.19. The van der Waals surface area contributed by atoms with Gasteiger partial charge in [-0.2, -0.15) is 13.2 Å². The maximum absolute atomic E-state index is 13.1. The van der Waals surface area contributed by atoms with Crippen LogP contribution >= 0.6 is 0 Å². The minimum atomic E-state index is -4.62. The Morgan fingerprint density at radius 2 is 1.86 bits per heavy atom. The Morgan fingerprint density at radius 3 is 2.29 bits per heavy atom. The molecule has 1 aromatic carbocycles. The van der Waals surface area contributed by atoms with E-state index in [1.54, 1.807) is 0 Å². The molecule has 0 saturated heterocycles. The van der Waals surface area contributed by atoms with E-state index in [-0.39, 0.29) is 5.56 Å². The molecule has 2 N–H and O–H groups in total. The second-order valence-corrected chi connectivity index (χ2v) is 2.99. The number of hydrogen-bond donors (Lipinski definition) is 1. The number of halogens is 4. The maximum Gasteiger partial charge on any atom is 0.407 e. The predicted octanol–water partition coefficient (Wildman–Crippen LogP) is 2.70. The highest BCUT2D eigenvalue weighted by Gasteiger charge is 2.39. The van der Waals surface area contributed by atoms with Gasteiger partial charge in [0.2, 0.25) is 0 Å².